The van der Waals surface area contributed by atoms with Crippen LogP contribution in [-0.2, 0) is 10.0 Å². The number of primary sulfonamides is 1. The molecule has 6 nitrogen and oxygen atoms in total. The smallest absolute Gasteiger partial charge is 0.240 e. The van der Waals surface area contributed by atoms with Gasteiger partial charge in [-0.15, -0.1) is 0 Å². The quantitative estimate of drug-likeness (QED) is 0.577. The minimum Gasteiger partial charge on any atom is -0.399 e. The summed E-state index contributed by atoms with van der Waals surface area (Å²) in [5.74, 6) is 0.140. The van der Waals surface area contributed by atoms with Crippen molar-refractivity contribution in [2.24, 2.45) is 11.1 Å². The van der Waals surface area contributed by atoms with Gasteiger partial charge >= 0.3 is 0 Å². The van der Waals surface area contributed by atoms with Crippen LogP contribution in [0.4, 0.5) is 11.4 Å². The zero-order chi connectivity index (χ0) is 13.9. The van der Waals surface area contributed by atoms with Crippen LogP contribution in [0.25, 0.3) is 0 Å². The van der Waals surface area contributed by atoms with Gasteiger partial charge in [0.25, 0.3) is 0 Å². The predicted octanol–water partition coefficient (Wildman–Crippen LogP) is 0.345. The third-order valence-corrected chi connectivity index (χ3v) is 3.61. The molecule has 1 aromatic rings. The van der Waals surface area contributed by atoms with Crippen LogP contribution < -0.4 is 16.2 Å². The van der Waals surface area contributed by atoms with E-state index in [1.54, 1.807) is 12.1 Å². The Morgan fingerprint density at radius 2 is 2.00 bits per heavy atom. The summed E-state index contributed by atoms with van der Waals surface area (Å²) in [5.41, 5.74) is 6.21. The van der Waals surface area contributed by atoms with Crippen LogP contribution in [0.2, 0.25) is 0 Å². The van der Waals surface area contributed by atoms with E-state index in [0.29, 0.717) is 11.4 Å². The van der Waals surface area contributed by atoms with E-state index in [4.69, 9.17) is 10.9 Å². The molecule has 1 aromatic carbocycles. The number of anilines is 2. The van der Waals surface area contributed by atoms with E-state index in [-0.39, 0.29) is 23.5 Å². The molecule has 0 aromatic heterocycles. The molecule has 0 saturated heterocycles. The van der Waals surface area contributed by atoms with Crippen LogP contribution in [0.3, 0.4) is 0 Å². The monoisotopic (exact) mass is 273 g/mol. The molecule has 18 heavy (non-hydrogen) atoms. The lowest BCUT2D eigenvalue weighted by Gasteiger charge is -2.22. The van der Waals surface area contributed by atoms with Crippen LogP contribution in [0, 0.1) is 5.92 Å². The molecule has 0 saturated carbocycles. The van der Waals surface area contributed by atoms with Crippen LogP contribution in [-0.4, -0.2) is 26.2 Å². The molecule has 0 fully saturated rings. The summed E-state index contributed by atoms with van der Waals surface area (Å²) in [6, 6.07) is 4.16. The van der Waals surface area contributed by atoms with E-state index in [1.807, 2.05) is 13.8 Å². The largest absolute Gasteiger partial charge is 0.399 e. The summed E-state index contributed by atoms with van der Waals surface area (Å²) in [5, 5.41) is 17.3. The second-order valence-corrected chi connectivity index (χ2v) is 6.01. The molecule has 0 heterocycles. The minimum absolute atomic E-state index is 0.0680. The predicted molar refractivity (Wildman–Crippen MR) is 71.6 cm³/mol. The highest BCUT2D eigenvalue weighted by molar-refractivity contribution is 7.89. The Bertz CT molecular complexity index is 514. The first kappa shape index (κ1) is 14.7. The fraction of sp³-hybridized carbons (Fsp3) is 0.455. The molecule has 1 rings (SSSR count). The van der Waals surface area contributed by atoms with Gasteiger partial charge in [0.15, 0.2) is 0 Å². The van der Waals surface area contributed by atoms with E-state index in [9.17, 15) is 13.5 Å². The number of nitrogens with two attached hydrogens (primary N) is 2. The normalized spacial score (nSPS) is 13.6. The zero-order valence-electron chi connectivity index (χ0n) is 10.4. The molecule has 0 radical (unpaired) electrons. The van der Waals surface area contributed by atoms with Gasteiger partial charge in [-0.2, -0.15) is 0 Å². The average molecular weight is 273 g/mol. The number of aliphatic hydroxyl groups excluding tert-OH is 1. The van der Waals surface area contributed by atoms with Gasteiger partial charge in [0.1, 0.15) is 4.90 Å². The first-order valence-electron chi connectivity index (χ1n) is 5.55. The first-order chi connectivity index (χ1) is 8.25. The highest BCUT2D eigenvalue weighted by Crippen LogP contribution is 2.24. The second kappa shape index (κ2) is 5.55. The SMILES string of the molecule is CC(C)[C@@H](CO)Nc1ccc(N)cc1S(N)(=O)=O. The summed E-state index contributed by atoms with van der Waals surface area (Å²) in [6.07, 6.45) is 0. The van der Waals surface area contributed by atoms with Crippen molar-refractivity contribution in [3.63, 3.8) is 0 Å². The Balaban J connectivity index is 3.17. The maximum Gasteiger partial charge on any atom is 0.240 e. The Morgan fingerprint density at radius 1 is 1.39 bits per heavy atom. The molecule has 0 bridgehead atoms. The molecule has 0 unspecified atom stereocenters. The van der Waals surface area contributed by atoms with Gasteiger partial charge in [-0.3, -0.25) is 0 Å². The number of sulfonamides is 1. The van der Waals surface area contributed by atoms with E-state index in [1.165, 1.54) is 6.07 Å². The van der Waals surface area contributed by atoms with Gasteiger partial charge in [-0.25, -0.2) is 13.6 Å². The molecule has 0 spiro atoms. The van der Waals surface area contributed by atoms with Crippen molar-refractivity contribution in [2.45, 2.75) is 24.8 Å². The second-order valence-electron chi connectivity index (χ2n) is 4.48. The lowest BCUT2D eigenvalue weighted by Crippen LogP contribution is -2.30. The van der Waals surface area contributed by atoms with Gasteiger partial charge in [0.2, 0.25) is 10.0 Å². The van der Waals surface area contributed by atoms with Crippen molar-refractivity contribution in [2.75, 3.05) is 17.7 Å². The molecule has 6 N–H and O–H groups in total. The van der Waals surface area contributed by atoms with Crippen LogP contribution in [0.1, 0.15) is 13.8 Å². The zero-order valence-corrected chi connectivity index (χ0v) is 11.2. The Hall–Kier alpha value is -1.31. The molecule has 0 aliphatic carbocycles. The Labute approximate surface area is 107 Å². The fourth-order valence-electron chi connectivity index (χ4n) is 1.52. The number of hydrogen-bond donors (Lipinski definition) is 4. The number of nitrogen functional groups attached to an aromatic ring is 1. The third-order valence-electron chi connectivity index (χ3n) is 2.65. The van der Waals surface area contributed by atoms with Crippen molar-refractivity contribution >= 4 is 21.4 Å². The molecule has 7 heteroatoms. The van der Waals surface area contributed by atoms with Crippen molar-refractivity contribution in [3.8, 4) is 0 Å². The van der Waals surface area contributed by atoms with Gasteiger partial charge in [-0.1, -0.05) is 13.8 Å². The molecule has 0 aliphatic heterocycles. The Kier molecular flexibility index (Phi) is 4.55. The number of aliphatic hydroxyl groups is 1. The van der Waals surface area contributed by atoms with Crippen LogP contribution >= 0.6 is 0 Å². The summed E-state index contributed by atoms with van der Waals surface area (Å²) >= 11 is 0. The minimum atomic E-state index is -3.86. The maximum absolute atomic E-state index is 11.5. The topological polar surface area (TPSA) is 118 Å². The fourth-order valence-corrected chi connectivity index (χ4v) is 2.25. The molecule has 0 amide bonds. The number of hydrogen-bond acceptors (Lipinski definition) is 5. The molecular weight excluding hydrogens is 254 g/mol. The van der Waals surface area contributed by atoms with Crippen LogP contribution in [0.15, 0.2) is 23.1 Å². The number of nitrogens with one attached hydrogen (secondary N) is 1. The van der Waals surface area contributed by atoms with Gasteiger partial charge in [0, 0.05) is 5.69 Å². The van der Waals surface area contributed by atoms with Gasteiger partial charge in [0.05, 0.1) is 18.3 Å². The van der Waals surface area contributed by atoms with E-state index in [2.05, 4.69) is 5.32 Å². The van der Waals surface area contributed by atoms with E-state index < -0.39 is 10.0 Å². The average Bonchev–Trinajstić information content (AvgIpc) is 2.25. The van der Waals surface area contributed by atoms with Crippen molar-refractivity contribution in [1.29, 1.82) is 0 Å². The molecular formula is C11H19N3O3S. The highest BCUT2D eigenvalue weighted by atomic mass is 32.2. The highest BCUT2D eigenvalue weighted by Gasteiger charge is 2.18. The van der Waals surface area contributed by atoms with Crippen molar-refractivity contribution < 1.29 is 13.5 Å². The molecule has 0 aliphatic rings. The lowest BCUT2D eigenvalue weighted by atomic mass is 10.1. The standard InChI is InChI=1S/C11H19N3O3S/c1-7(2)10(6-15)14-9-4-3-8(12)5-11(9)18(13,16)17/h3-5,7,10,14-15H,6,12H2,1-2H3,(H2,13,16,17)/t10-/m1/s1. The van der Waals surface area contributed by atoms with Gasteiger partial charge in [-0.05, 0) is 24.1 Å². The molecule has 102 valence electrons. The summed E-state index contributed by atoms with van der Waals surface area (Å²) < 4.78 is 22.9. The summed E-state index contributed by atoms with van der Waals surface area (Å²) in [7, 11) is -3.86. The van der Waals surface area contributed by atoms with E-state index in [0.717, 1.165) is 0 Å². The van der Waals surface area contributed by atoms with Crippen molar-refractivity contribution in [3.05, 3.63) is 18.2 Å². The lowest BCUT2D eigenvalue weighted by molar-refractivity contribution is 0.249. The number of benzene rings is 1. The summed E-state index contributed by atoms with van der Waals surface area (Å²) in [6.45, 7) is 3.73. The van der Waals surface area contributed by atoms with Crippen LogP contribution in [0.5, 0.6) is 0 Å². The number of rotatable bonds is 5. The molecule has 1 atom stereocenters. The maximum atomic E-state index is 11.5. The Morgan fingerprint density at radius 3 is 2.44 bits per heavy atom. The summed E-state index contributed by atoms with van der Waals surface area (Å²) in [4.78, 5) is -0.0680. The van der Waals surface area contributed by atoms with Gasteiger partial charge < -0.3 is 16.2 Å². The third kappa shape index (κ3) is 3.59. The first-order valence-corrected chi connectivity index (χ1v) is 7.10. The van der Waals surface area contributed by atoms with Crippen molar-refractivity contribution in [1.82, 2.24) is 0 Å². The van der Waals surface area contributed by atoms with E-state index >= 15 is 0 Å².